The number of methoxy groups -OCH3 is 1. The second-order valence-corrected chi connectivity index (χ2v) is 5.53. The van der Waals surface area contributed by atoms with Crippen LogP contribution >= 0.6 is 23.2 Å². The van der Waals surface area contributed by atoms with E-state index in [1.165, 1.54) is 19.2 Å². The van der Waals surface area contributed by atoms with Gasteiger partial charge in [-0.15, -0.1) is 0 Å². The fourth-order valence-electron chi connectivity index (χ4n) is 2.14. The predicted molar refractivity (Wildman–Crippen MR) is 87.0 cm³/mol. The third-order valence-corrected chi connectivity index (χ3v) is 3.84. The Morgan fingerprint density at radius 2 is 1.86 bits per heavy atom. The second kappa shape index (κ2) is 7.18. The molecule has 0 atom stereocenters. The Hall–Kier alpha value is -1.49. The van der Waals surface area contributed by atoms with Gasteiger partial charge >= 0.3 is 0 Å². The molecule has 0 spiro atoms. The Morgan fingerprint density at radius 1 is 1.14 bits per heavy atom. The Labute approximate surface area is 138 Å². The summed E-state index contributed by atoms with van der Waals surface area (Å²) in [5.41, 5.74) is 6.95. The highest BCUT2D eigenvalue weighted by atomic mass is 35.5. The second-order valence-electron chi connectivity index (χ2n) is 4.72. The molecule has 0 amide bonds. The summed E-state index contributed by atoms with van der Waals surface area (Å²) in [5, 5.41) is 0.487. The summed E-state index contributed by atoms with van der Waals surface area (Å²) in [6.07, 6.45) is 0.479. The van der Waals surface area contributed by atoms with Crippen molar-refractivity contribution in [2.75, 3.05) is 13.7 Å². The smallest absolute Gasteiger partial charge is 0.144 e. The van der Waals surface area contributed by atoms with Gasteiger partial charge in [0.15, 0.2) is 0 Å². The van der Waals surface area contributed by atoms with Gasteiger partial charge in [0.25, 0.3) is 0 Å². The van der Waals surface area contributed by atoms with Crippen molar-refractivity contribution in [3.05, 3.63) is 51.3 Å². The summed E-state index contributed by atoms with van der Waals surface area (Å²) in [6.45, 7) is 2.20. The summed E-state index contributed by atoms with van der Waals surface area (Å²) >= 11 is 11.9. The van der Waals surface area contributed by atoms with E-state index in [1.807, 2.05) is 6.92 Å². The normalized spacial score (nSPS) is 10.6. The molecule has 0 radical (unpaired) electrons. The number of hydrogen-bond donors (Lipinski definition) is 1. The maximum Gasteiger partial charge on any atom is 0.144 e. The largest absolute Gasteiger partial charge is 0.495 e. The molecule has 118 valence electrons. The van der Waals surface area contributed by atoms with Gasteiger partial charge in [-0.1, -0.05) is 23.2 Å². The minimum atomic E-state index is -0.497. The molecule has 0 bridgehead atoms. The molecule has 0 aliphatic carbocycles. The molecule has 0 fully saturated rings. The molecule has 2 aromatic carbocycles. The number of halogens is 3. The van der Waals surface area contributed by atoms with Gasteiger partial charge in [-0.05, 0) is 43.7 Å². The highest BCUT2D eigenvalue weighted by Gasteiger charge is 2.14. The topological polar surface area (TPSA) is 44.5 Å². The first kappa shape index (κ1) is 16.9. The Bertz CT molecular complexity index is 692. The molecule has 3 nitrogen and oxygen atoms in total. The molecule has 0 saturated carbocycles. The van der Waals surface area contributed by atoms with Crippen molar-refractivity contribution in [2.24, 2.45) is 5.73 Å². The maximum absolute atomic E-state index is 13.6. The molecule has 0 aliphatic rings. The molecule has 2 aromatic rings. The zero-order chi connectivity index (χ0) is 16.3. The fourth-order valence-corrected chi connectivity index (χ4v) is 2.57. The zero-order valence-electron chi connectivity index (χ0n) is 12.3. The molecule has 0 aliphatic heterocycles. The third-order valence-electron chi connectivity index (χ3n) is 3.25. The van der Waals surface area contributed by atoms with Gasteiger partial charge < -0.3 is 15.2 Å². The van der Waals surface area contributed by atoms with Gasteiger partial charge in [0.2, 0.25) is 0 Å². The van der Waals surface area contributed by atoms with E-state index < -0.39 is 5.82 Å². The summed E-state index contributed by atoms with van der Waals surface area (Å²) < 4.78 is 24.7. The Morgan fingerprint density at radius 3 is 2.50 bits per heavy atom. The molecular formula is C16H16Cl2FNO2. The molecule has 22 heavy (non-hydrogen) atoms. The van der Waals surface area contributed by atoms with Gasteiger partial charge in [-0.2, -0.15) is 0 Å². The van der Waals surface area contributed by atoms with Crippen molar-refractivity contribution >= 4 is 23.2 Å². The highest BCUT2D eigenvalue weighted by molar-refractivity contribution is 6.32. The number of hydrogen-bond acceptors (Lipinski definition) is 3. The predicted octanol–water partition coefficient (Wildman–Crippen LogP) is 4.74. The van der Waals surface area contributed by atoms with Crippen molar-refractivity contribution in [1.82, 2.24) is 0 Å². The molecule has 0 saturated heterocycles. The summed E-state index contributed by atoms with van der Waals surface area (Å²) in [5.74, 6) is 1.06. The van der Waals surface area contributed by atoms with Crippen LogP contribution in [0.5, 0.6) is 17.2 Å². The first-order chi connectivity index (χ1) is 10.5. The summed E-state index contributed by atoms with van der Waals surface area (Å²) in [6, 6.07) is 6.19. The van der Waals surface area contributed by atoms with Crippen LogP contribution in [0, 0.1) is 12.7 Å². The van der Waals surface area contributed by atoms with E-state index in [1.54, 1.807) is 12.1 Å². The van der Waals surface area contributed by atoms with Crippen molar-refractivity contribution in [3.63, 3.8) is 0 Å². The van der Waals surface area contributed by atoms with Crippen molar-refractivity contribution in [2.45, 2.75) is 13.3 Å². The zero-order valence-corrected chi connectivity index (χ0v) is 13.8. The molecule has 0 unspecified atom stereocenters. The molecule has 6 heteroatoms. The average Bonchev–Trinajstić information content (AvgIpc) is 2.48. The molecule has 0 aromatic heterocycles. The van der Waals surface area contributed by atoms with Crippen LogP contribution in [0.25, 0.3) is 0 Å². The molecule has 2 N–H and O–H groups in total. The van der Waals surface area contributed by atoms with Crippen molar-refractivity contribution < 1.29 is 13.9 Å². The lowest BCUT2D eigenvalue weighted by molar-refractivity contribution is 0.404. The van der Waals surface area contributed by atoms with E-state index in [0.29, 0.717) is 40.8 Å². The number of ether oxygens (including phenoxy) is 2. The van der Waals surface area contributed by atoms with Gasteiger partial charge in [0, 0.05) is 11.6 Å². The van der Waals surface area contributed by atoms with E-state index in [-0.39, 0.29) is 5.02 Å². The van der Waals surface area contributed by atoms with Crippen LogP contribution in [0.15, 0.2) is 24.3 Å². The highest BCUT2D eigenvalue weighted by Crippen LogP contribution is 2.38. The van der Waals surface area contributed by atoms with Crippen LogP contribution in [0.4, 0.5) is 4.39 Å². The van der Waals surface area contributed by atoms with Crippen LogP contribution < -0.4 is 15.2 Å². The molecule has 0 heterocycles. The first-order valence-electron chi connectivity index (χ1n) is 6.66. The number of rotatable bonds is 5. The van der Waals surface area contributed by atoms with Crippen LogP contribution in [0.3, 0.4) is 0 Å². The van der Waals surface area contributed by atoms with Crippen LogP contribution in [0.1, 0.15) is 11.1 Å². The minimum absolute atomic E-state index is 0.00523. The van der Waals surface area contributed by atoms with Crippen LogP contribution in [0.2, 0.25) is 10.0 Å². The quantitative estimate of drug-likeness (QED) is 0.852. The Kier molecular flexibility index (Phi) is 5.51. The first-order valence-corrected chi connectivity index (χ1v) is 7.42. The van der Waals surface area contributed by atoms with Gasteiger partial charge in [-0.25, -0.2) is 4.39 Å². The monoisotopic (exact) mass is 343 g/mol. The van der Waals surface area contributed by atoms with Crippen LogP contribution in [-0.4, -0.2) is 13.7 Å². The summed E-state index contributed by atoms with van der Waals surface area (Å²) in [7, 11) is 1.53. The SMILES string of the molecule is COc1c(Cl)ccc(Oc2cc(Cl)c(F)cc2CCN)c1C. The van der Waals surface area contributed by atoms with E-state index in [9.17, 15) is 4.39 Å². The van der Waals surface area contributed by atoms with Gasteiger partial charge in [0.05, 0.1) is 17.2 Å². The Balaban J connectivity index is 2.45. The average molecular weight is 344 g/mol. The van der Waals surface area contributed by atoms with Crippen molar-refractivity contribution in [1.29, 1.82) is 0 Å². The molecular weight excluding hydrogens is 328 g/mol. The van der Waals surface area contributed by atoms with E-state index in [4.69, 9.17) is 38.4 Å². The fraction of sp³-hybridized carbons (Fsp3) is 0.250. The van der Waals surface area contributed by atoms with Crippen LogP contribution in [-0.2, 0) is 6.42 Å². The minimum Gasteiger partial charge on any atom is -0.495 e. The van der Waals surface area contributed by atoms with Gasteiger partial charge in [-0.3, -0.25) is 0 Å². The van der Waals surface area contributed by atoms with E-state index >= 15 is 0 Å². The molecule has 2 rings (SSSR count). The lowest BCUT2D eigenvalue weighted by atomic mass is 10.1. The van der Waals surface area contributed by atoms with Gasteiger partial charge in [0.1, 0.15) is 23.1 Å². The van der Waals surface area contributed by atoms with E-state index in [2.05, 4.69) is 0 Å². The standard InChI is InChI=1S/C16H16Cl2FNO2/c1-9-14(4-3-11(17)16(9)21-2)22-15-8-12(18)13(19)7-10(15)5-6-20/h3-4,7-8H,5-6,20H2,1-2H3. The van der Waals surface area contributed by atoms with E-state index in [0.717, 1.165) is 5.56 Å². The number of nitrogens with two attached hydrogens (primary N) is 1. The lowest BCUT2D eigenvalue weighted by Gasteiger charge is -2.16. The number of benzene rings is 2. The third kappa shape index (κ3) is 3.46. The maximum atomic E-state index is 13.6. The van der Waals surface area contributed by atoms with Crippen molar-refractivity contribution in [3.8, 4) is 17.2 Å². The lowest BCUT2D eigenvalue weighted by Crippen LogP contribution is -2.05. The summed E-state index contributed by atoms with van der Waals surface area (Å²) in [4.78, 5) is 0.